The highest BCUT2D eigenvalue weighted by atomic mass is 19.1. The molecule has 2 aromatic rings. The highest BCUT2D eigenvalue weighted by Gasteiger charge is 2.27. The Balaban J connectivity index is 1.49. The normalized spacial score (nSPS) is 17.3. The van der Waals surface area contributed by atoms with Crippen LogP contribution in [0.3, 0.4) is 0 Å². The Bertz CT molecular complexity index is 663. The number of benzene rings is 2. The van der Waals surface area contributed by atoms with Gasteiger partial charge in [0, 0.05) is 13.1 Å². The zero-order valence-corrected chi connectivity index (χ0v) is 12.7. The summed E-state index contributed by atoms with van der Waals surface area (Å²) in [6, 6.07) is 15.8. The molecule has 1 heterocycles. The maximum atomic E-state index is 13.6. The maximum Gasteiger partial charge on any atom is 0.322 e. The van der Waals surface area contributed by atoms with Gasteiger partial charge in [-0.25, -0.2) is 9.18 Å². The first-order valence-corrected chi connectivity index (χ1v) is 7.68. The fraction of sp³-hybridized carbons (Fsp3) is 0.278. The molecule has 23 heavy (non-hydrogen) atoms. The summed E-state index contributed by atoms with van der Waals surface area (Å²) in [5, 5.41) is 2.60. The van der Waals surface area contributed by atoms with Crippen molar-refractivity contribution in [3.63, 3.8) is 0 Å². The maximum absolute atomic E-state index is 13.6. The second-order valence-electron chi connectivity index (χ2n) is 5.56. The van der Waals surface area contributed by atoms with Crippen molar-refractivity contribution >= 4 is 11.7 Å². The first-order valence-electron chi connectivity index (χ1n) is 7.68. The van der Waals surface area contributed by atoms with Crippen LogP contribution in [0.25, 0.3) is 0 Å². The lowest BCUT2D eigenvalue weighted by Crippen LogP contribution is -2.34. The highest BCUT2D eigenvalue weighted by Crippen LogP contribution is 2.18. The third-order valence-electron chi connectivity index (χ3n) is 3.88. The van der Waals surface area contributed by atoms with E-state index in [4.69, 9.17) is 4.74 Å². The average molecular weight is 314 g/mol. The summed E-state index contributed by atoms with van der Waals surface area (Å²) in [5.74, 6) is -0.433. The number of anilines is 1. The number of carbonyl (C=O) groups excluding carboxylic acids is 1. The van der Waals surface area contributed by atoms with Crippen LogP contribution in [0.15, 0.2) is 54.6 Å². The molecule has 1 N–H and O–H groups in total. The largest absolute Gasteiger partial charge is 0.372 e. The second kappa shape index (κ2) is 7.24. The second-order valence-corrected chi connectivity index (χ2v) is 5.56. The van der Waals surface area contributed by atoms with Gasteiger partial charge in [-0.2, -0.15) is 0 Å². The number of ether oxygens (including phenoxy) is 1. The van der Waals surface area contributed by atoms with Crippen molar-refractivity contribution in [2.24, 2.45) is 0 Å². The van der Waals surface area contributed by atoms with Crippen LogP contribution >= 0.6 is 0 Å². The minimum Gasteiger partial charge on any atom is -0.372 e. The predicted molar refractivity (Wildman–Crippen MR) is 86.6 cm³/mol. The zero-order chi connectivity index (χ0) is 16.1. The quantitative estimate of drug-likeness (QED) is 0.936. The van der Waals surface area contributed by atoms with E-state index in [0.717, 1.165) is 12.0 Å². The Morgan fingerprint density at radius 2 is 1.91 bits per heavy atom. The van der Waals surface area contributed by atoms with Crippen molar-refractivity contribution in [1.29, 1.82) is 0 Å². The number of nitrogens with one attached hydrogen (secondary N) is 1. The first-order chi connectivity index (χ1) is 11.2. The number of hydrogen-bond acceptors (Lipinski definition) is 2. The molecule has 0 radical (unpaired) electrons. The molecule has 0 saturated carbocycles. The van der Waals surface area contributed by atoms with Crippen LogP contribution in [-0.4, -0.2) is 30.1 Å². The van der Waals surface area contributed by atoms with Gasteiger partial charge in [-0.3, -0.25) is 0 Å². The molecular weight excluding hydrogens is 295 g/mol. The lowest BCUT2D eigenvalue weighted by molar-refractivity contribution is 0.0491. The molecule has 5 heteroatoms. The van der Waals surface area contributed by atoms with E-state index >= 15 is 0 Å². The Morgan fingerprint density at radius 1 is 1.17 bits per heavy atom. The molecule has 0 bridgehead atoms. The molecule has 2 aromatic carbocycles. The number of carbonyl (C=O) groups is 1. The van der Waals surface area contributed by atoms with Crippen molar-refractivity contribution in [3.8, 4) is 0 Å². The molecule has 1 fully saturated rings. The van der Waals surface area contributed by atoms with Crippen LogP contribution in [0.1, 0.15) is 12.0 Å². The summed E-state index contributed by atoms with van der Waals surface area (Å²) >= 11 is 0. The van der Waals surface area contributed by atoms with E-state index in [9.17, 15) is 9.18 Å². The standard InChI is InChI=1S/C18H19FN2O2/c19-16-8-4-5-9-17(16)20-18(22)21-11-10-15(12-21)23-13-14-6-2-1-3-7-14/h1-9,15H,10-13H2,(H,20,22). The molecule has 1 unspecified atom stereocenters. The molecule has 1 aliphatic rings. The predicted octanol–water partition coefficient (Wildman–Crippen LogP) is 3.65. The SMILES string of the molecule is O=C(Nc1ccccc1F)N1CCC(OCc2ccccc2)C1. The third-order valence-corrected chi connectivity index (χ3v) is 3.88. The summed E-state index contributed by atoms with van der Waals surface area (Å²) in [6.07, 6.45) is 0.805. The van der Waals surface area contributed by atoms with E-state index in [1.54, 1.807) is 23.1 Å². The van der Waals surface area contributed by atoms with Crippen LogP contribution in [0.5, 0.6) is 0 Å². The molecule has 4 nitrogen and oxygen atoms in total. The van der Waals surface area contributed by atoms with Crippen LogP contribution < -0.4 is 5.32 Å². The van der Waals surface area contributed by atoms with Crippen molar-refractivity contribution in [2.45, 2.75) is 19.1 Å². The van der Waals surface area contributed by atoms with Crippen LogP contribution in [0.4, 0.5) is 14.9 Å². The van der Waals surface area contributed by atoms with Gasteiger partial charge in [-0.05, 0) is 24.1 Å². The van der Waals surface area contributed by atoms with E-state index in [1.165, 1.54) is 6.07 Å². The molecule has 3 rings (SSSR count). The Labute approximate surface area is 134 Å². The number of amides is 2. The summed E-state index contributed by atoms with van der Waals surface area (Å²) in [4.78, 5) is 13.8. The van der Waals surface area contributed by atoms with Gasteiger partial charge in [0.25, 0.3) is 0 Å². The van der Waals surface area contributed by atoms with E-state index in [2.05, 4.69) is 5.32 Å². The summed E-state index contributed by atoms with van der Waals surface area (Å²) in [7, 11) is 0. The van der Waals surface area contributed by atoms with Gasteiger partial charge < -0.3 is 15.0 Å². The number of nitrogens with zero attached hydrogens (tertiary/aromatic N) is 1. The van der Waals surface area contributed by atoms with Crippen molar-refractivity contribution in [2.75, 3.05) is 18.4 Å². The lowest BCUT2D eigenvalue weighted by Gasteiger charge is -2.18. The van der Waals surface area contributed by atoms with E-state index in [-0.39, 0.29) is 17.8 Å². The Hall–Kier alpha value is -2.40. The Kier molecular flexibility index (Phi) is 4.88. The van der Waals surface area contributed by atoms with E-state index < -0.39 is 5.82 Å². The van der Waals surface area contributed by atoms with Crippen molar-refractivity contribution < 1.29 is 13.9 Å². The van der Waals surface area contributed by atoms with Gasteiger partial charge >= 0.3 is 6.03 Å². The smallest absolute Gasteiger partial charge is 0.322 e. The minimum atomic E-state index is -0.433. The topological polar surface area (TPSA) is 41.6 Å². The number of para-hydroxylation sites is 1. The third kappa shape index (κ3) is 4.07. The number of rotatable bonds is 4. The molecule has 1 saturated heterocycles. The molecule has 2 amide bonds. The van der Waals surface area contributed by atoms with E-state index in [0.29, 0.717) is 19.7 Å². The first kappa shape index (κ1) is 15.5. The van der Waals surface area contributed by atoms with Gasteiger partial charge in [-0.1, -0.05) is 42.5 Å². The van der Waals surface area contributed by atoms with Crippen LogP contribution in [0.2, 0.25) is 0 Å². The van der Waals surface area contributed by atoms with Crippen LogP contribution in [0, 0.1) is 5.82 Å². The molecule has 0 aliphatic carbocycles. The molecular formula is C18H19FN2O2. The van der Waals surface area contributed by atoms with Crippen molar-refractivity contribution in [1.82, 2.24) is 4.90 Å². The Morgan fingerprint density at radius 3 is 2.70 bits per heavy atom. The summed E-state index contributed by atoms with van der Waals surface area (Å²) in [5.41, 5.74) is 1.31. The van der Waals surface area contributed by atoms with Gasteiger partial charge in [0.2, 0.25) is 0 Å². The summed E-state index contributed by atoms with van der Waals surface area (Å²) in [6.45, 7) is 1.67. The van der Waals surface area contributed by atoms with Crippen molar-refractivity contribution in [3.05, 3.63) is 66.0 Å². The molecule has 1 atom stereocenters. The van der Waals surface area contributed by atoms with Gasteiger partial charge in [0.1, 0.15) is 5.82 Å². The van der Waals surface area contributed by atoms with E-state index in [1.807, 2.05) is 30.3 Å². The monoisotopic (exact) mass is 314 g/mol. The number of hydrogen-bond donors (Lipinski definition) is 1. The molecule has 0 spiro atoms. The summed E-state index contributed by atoms with van der Waals surface area (Å²) < 4.78 is 19.4. The highest BCUT2D eigenvalue weighted by molar-refractivity contribution is 5.89. The molecule has 1 aliphatic heterocycles. The van der Waals surface area contributed by atoms with Gasteiger partial charge in [0.15, 0.2) is 0 Å². The number of likely N-dealkylation sites (tertiary alicyclic amines) is 1. The molecule has 0 aromatic heterocycles. The number of urea groups is 1. The van der Waals surface area contributed by atoms with Gasteiger partial charge in [-0.15, -0.1) is 0 Å². The average Bonchev–Trinajstić information content (AvgIpc) is 3.05. The zero-order valence-electron chi connectivity index (χ0n) is 12.7. The minimum absolute atomic E-state index is 0.0153. The molecule has 120 valence electrons. The van der Waals surface area contributed by atoms with Gasteiger partial charge in [0.05, 0.1) is 18.4 Å². The lowest BCUT2D eigenvalue weighted by atomic mass is 10.2. The fourth-order valence-electron chi connectivity index (χ4n) is 2.59. The fourth-order valence-corrected chi connectivity index (χ4v) is 2.59. The van der Waals surface area contributed by atoms with Crippen LogP contribution in [-0.2, 0) is 11.3 Å². The number of halogens is 1.